The van der Waals surface area contributed by atoms with Crippen molar-refractivity contribution in [3.8, 4) is 0 Å². The average Bonchev–Trinajstić information content (AvgIpc) is 3.63. The third-order valence-electron chi connectivity index (χ3n) is 6.79. The van der Waals surface area contributed by atoms with E-state index in [9.17, 15) is 13.2 Å². The van der Waals surface area contributed by atoms with Crippen LogP contribution in [-0.4, -0.2) is 56.0 Å². The summed E-state index contributed by atoms with van der Waals surface area (Å²) in [6.07, 6.45) is 3.20. The first-order chi connectivity index (χ1) is 16.8. The van der Waals surface area contributed by atoms with Crippen LogP contribution < -0.4 is 4.90 Å². The maximum atomic E-state index is 14.0. The van der Waals surface area contributed by atoms with Gasteiger partial charge in [0.25, 0.3) is 10.0 Å². The molecule has 2 aliphatic rings. The van der Waals surface area contributed by atoms with E-state index in [1.165, 1.54) is 32.5 Å². The van der Waals surface area contributed by atoms with Gasteiger partial charge in [-0.2, -0.15) is 4.31 Å². The van der Waals surface area contributed by atoms with E-state index in [2.05, 4.69) is 19.9 Å². The van der Waals surface area contributed by atoms with Crippen LogP contribution in [0.25, 0.3) is 10.2 Å². The molecule has 2 unspecified atom stereocenters. The summed E-state index contributed by atoms with van der Waals surface area (Å²) < 4.78 is 35.0. The van der Waals surface area contributed by atoms with E-state index in [0.717, 1.165) is 23.1 Å². The summed E-state index contributed by atoms with van der Waals surface area (Å²) in [4.78, 5) is 20.7. The standard InChI is InChI=1S/C25H31N3O4S3/c1-17(2)20-9-3-10-21-23(20)26-25(34-21)28(16-19-8-5-13-32-19)24(29)18-7-4-12-27(15-18)35(30,31)22-11-6-14-33-22/h3,6,9-11,14,17-19H,4-5,7-8,12-13,15-16H2,1-2H3. The van der Waals surface area contributed by atoms with Crippen LogP contribution in [0.15, 0.2) is 39.9 Å². The van der Waals surface area contributed by atoms with Crippen molar-refractivity contribution in [1.82, 2.24) is 9.29 Å². The molecule has 0 radical (unpaired) electrons. The van der Waals surface area contributed by atoms with Crippen LogP contribution in [0.2, 0.25) is 0 Å². The highest BCUT2D eigenvalue weighted by molar-refractivity contribution is 7.91. The monoisotopic (exact) mass is 533 g/mol. The number of thiazole rings is 1. The Morgan fingerprint density at radius 1 is 1.23 bits per heavy atom. The largest absolute Gasteiger partial charge is 0.376 e. The zero-order chi connectivity index (χ0) is 24.6. The third kappa shape index (κ3) is 5.04. The van der Waals surface area contributed by atoms with Crippen LogP contribution in [-0.2, 0) is 19.6 Å². The van der Waals surface area contributed by atoms with Gasteiger partial charge in [0.2, 0.25) is 5.91 Å². The van der Waals surface area contributed by atoms with Crippen molar-refractivity contribution in [1.29, 1.82) is 0 Å². The molecule has 2 aliphatic heterocycles. The van der Waals surface area contributed by atoms with E-state index in [-0.39, 0.29) is 18.6 Å². The quantitative estimate of drug-likeness (QED) is 0.422. The van der Waals surface area contributed by atoms with E-state index in [4.69, 9.17) is 9.72 Å². The first-order valence-electron chi connectivity index (χ1n) is 12.2. The number of fused-ring (bicyclic) bond motifs is 1. The van der Waals surface area contributed by atoms with Crippen LogP contribution in [0.4, 0.5) is 5.13 Å². The maximum absolute atomic E-state index is 14.0. The summed E-state index contributed by atoms with van der Waals surface area (Å²) in [7, 11) is -3.59. The number of nitrogens with zero attached hydrogens (tertiary/aromatic N) is 3. The Labute approximate surface area is 214 Å². The fourth-order valence-electron chi connectivity index (χ4n) is 4.91. The van der Waals surface area contributed by atoms with Crippen molar-refractivity contribution in [2.24, 2.45) is 5.92 Å². The Morgan fingerprint density at radius 2 is 2.09 bits per heavy atom. The summed E-state index contributed by atoms with van der Waals surface area (Å²) in [6, 6.07) is 9.55. The summed E-state index contributed by atoms with van der Waals surface area (Å²) in [5.41, 5.74) is 2.11. The Bertz CT molecular complexity index is 1280. The van der Waals surface area contributed by atoms with Crippen molar-refractivity contribution in [3.05, 3.63) is 41.3 Å². The second-order valence-electron chi connectivity index (χ2n) is 9.56. The highest BCUT2D eigenvalue weighted by Crippen LogP contribution is 2.36. The van der Waals surface area contributed by atoms with Gasteiger partial charge < -0.3 is 4.74 Å². The van der Waals surface area contributed by atoms with Gasteiger partial charge >= 0.3 is 0 Å². The molecule has 4 heterocycles. The zero-order valence-corrected chi connectivity index (χ0v) is 22.5. The minimum Gasteiger partial charge on any atom is -0.376 e. The lowest BCUT2D eigenvalue weighted by molar-refractivity contribution is -0.123. The molecule has 0 aliphatic carbocycles. The molecule has 5 rings (SSSR count). The van der Waals surface area contributed by atoms with Gasteiger partial charge in [0.15, 0.2) is 5.13 Å². The second-order valence-corrected chi connectivity index (χ2v) is 13.7. The highest BCUT2D eigenvalue weighted by atomic mass is 32.2. The predicted octanol–water partition coefficient (Wildman–Crippen LogP) is 5.09. The lowest BCUT2D eigenvalue weighted by Crippen LogP contribution is -2.48. The number of anilines is 1. The molecule has 10 heteroatoms. The van der Waals surface area contributed by atoms with Crippen molar-refractivity contribution in [3.63, 3.8) is 0 Å². The highest BCUT2D eigenvalue weighted by Gasteiger charge is 2.37. The predicted molar refractivity (Wildman–Crippen MR) is 141 cm³/mol. The fourth-order valence-corrected chi connectivity index (χ4v) is 8.60. The van der Waals surface area contributed by atoms with Crippen LogP contribution in [0.1, 0.15) is 51.0 Å². The molecule has 0 saturated carbocycles. The number of rotatable bonds is 7. The zero-order valence-electron chi connectivity index (χ0n) is 20.1. The molecule has 1 aromatic carbocycles. The number of hydrogen-bond donors (Lipinski definition) is 0. The molecular formula is C25H31N3O4S3. The van der Waals surface area contributed by atoms with Crippen LogP contribution in [0.3, 0.4) is 0 Å². The van der Waals surface area contributed by atoms with E-state index in [0.29, 0.717) is 47.8 Å². The lowest BCUT2D eigenvalue weighted by Gasteiger charge is -2.34. The van der Waals surface area contributed by atoms with Crippen LogP contribution in [0.5, 0.6) is 0 Å². The minimum absolute atomic E-state index is 0.0231. The molecule has 2 saturated heterocycles. The molecular weight excluding hydrogens is 502 g/mol. The summed E-state index contributed by atoms with van der Waals surface area (Å²) in [5.74, 6) is -0.140. The number of ether oxygens (including phenoxy) is 1. The van der Waals surface area contributed by atoms with E-state index >= 15 is 0 Å². The maximum Gasteiger partial charge on any atom is 0.252 e. The van der Waals surface area contributed by atoms with Crippen LogP contribution in [0, 0.1) is 5.92 Å². The lowest BCUT2D eigenvalue weighted by atomic mass is 9.98. The van der Waals surface area contributed by atoms with Gasteiger partial charge in [-0.15, -0.1) is 11.3 Å². The number of hydrogen-bond acceptors (Lipinski definition) is 7. The number of para-hydroxylation sites is 1. The molecule has 7 nitrogen and oxygen atoms in total. The summed E-state index contributed by atoms with van der Waals surface area (Å²) in [5, 5.41) is 2.44. The molecule has 2 aromatic heterocycles. The number of piperidine rings is 1. The summed E-state index contributed by atoms with van der Waals surface area (Å²) >= 11 is 2.74. The van der Waals surface area contributed by atoms with Crippen molar-refractivity contribution in [2.45, 2.75) is 55.8 Å². The smallest absolute Gasteiger partial charge is 0.252 e. The first kappa shape index (κ1) is 24.8. The molecule has 2 atom stereocenters. The second kappa shape index (κ2) is 10.3. The van der Waals surface area contributed by atoms with E-state index in [1.807, 2.05) is 12.1 Å². The molecule has 0 spiro atoms. The Kier molecular flexibility index (Phi) is 7.28. The van der Waals surface area contributed by atoms with Gasteiger partial charge in [0.05, 0.1) is 28.8 Å². The molecule has 188 valence electrons. The number of benzene rings is 1. The fraction of sp³-hybridized carbons (Fsp3) is 0.520. The van der Waals surface area contributed by atoms with Crippen molar-refractivity contribution >= 4 is 54.0 Å². The molecule has 35 heavy (non-hydrogen) atoms. The third-order valence-corrected chi connectivity index (χ3v) is 11.1. The Hall–Kier alpha value is -1.85. The normalized spacial score (nSPS) is 21.7. The van der Waals surface area contributed by atoms with E-state index < -0.39 is 15.9 Å². The number of carbonyl (C=O) groups is 1. The molecule has 1 amide bonds. The van der Waals surface area contributed by atoms with Gasteiger partial charge in [-0.05, 0) is 54.7 Å². The number of thiophene rings is 1. The SMILES string of the molecule is CC(C)c1cccc2sc(N(CC3CCCO3)C(=O)C3CCCN(S(=O)(=O)c4cccs4)C3)nc12. The minimum atomic E-state index is -3.59. The van der Waals surface area contributed by atoms with Gasteiger partial charge in [-0.3, -0.25) is 9.69 Å². The number of sulfonamides is 1. The van der Waals surface area contributed by atoms with E-state index in [1.54, 1.807) is 22.4 Å². The number of aromatic nitrogens is 1. The van der Waals surface area contributed by atoms with Gasteiger partial charge in [-0.1, -0.05) is 43.4 Å². The number of amides is 1. The Balaban J connectivity index is 1.45. The topological polar surface area (TPSA) is 79.8 Å². The first-order valence-corrected chi connectivity index (χ1v) is 15.3. The van der Waals surface area contributed by atoms with Gasteiger partial charge in [0, 0.05) is 19.7 Å². The van der Waals surface area contributed by atoms with Crippen molar-refractivity contribution in [2.75, 3.05) is 31.1 Å². The van der Waals surface area contributed by atoms with Gasteiger partial charge in [-0.25, -0.2) is 13.4 Å². The molecule has 3 aromatic rings. The van der Waals surface area contributed by atoms with Crippen molar-refractivity contribution < 1.29 is 17.9 Å². The Morgan fingerprint density at radius 3 is 2.80 bits per heavy atom. The summed E-state index contributed by atoms with van der Waals surface area (Å²) in [6.45, 7) is 6.09. The average molecular weight is 534 g/mol. The molecule has 0 bridgehead atoms. The van der Waals surface area contributed by atoms with Gasteiger partial charge in [0.1, 0.15) is 4.21 Å². The number of carbonyl (C=O) groups excluding carboxylic acids is 1. The molecule has 0 N–H and O–H groups in total. The molecule has 2 fully saturated rings. The van der Waals surface area contributed by atoms with Crippen LogP contribution >= 0.6 is 22.7 Å².